The van der Waals surface area contributed by atoms with Crippen LogP contribution in [0, 0.1) is 6.92 Å². The zero-order valence-corrected chi connectivity index (χ0v) is 16.6. The van der Waals surface area contributed by atoms with Gasteiger partial charge in [0.05, 0.1) is 15.9 Å². The monoisotopic (exact) mass is 450 g/mol. The van der Waals surface area contributed by atoms with Crippen LogP contribution in [0.1, 0.15) is 41.8 Å². The number of alkyl halides is 3. The lowest BCUT2D eigenvalue weighted by molar-refractivity contribution is -0.142. The molecule has 0 aliphatic carbocycles. The number of carbonyl (C=O) groups excluding carboxylic acids is 2. The van der Waals surface area contributed by atoms with E-state index in [0.717, 1.165) is 4.68 Å². The Hall–Kier alpha value is -2.37. The molecule has 2 amide bonds. The van der Waals surface area contributed by atoms with Crippen molar-refractivity contribution in [2.45, 2.75) is 39.5 Å². The first-order valence-electron chi connectivity index (χ1n) is 7.93. The minimum Gasteiger partial charge on any atom is -0.354 e. The molecule has 2 rings (SSSR count). The number of amides is 2. The molecule has 2 heterocycles. The molecule has 0 spiro atoms. The lowest BCUT2D eigenvalue weighted by atomic mass is 10.2. The zero-order chi connectivity index (χ0) is 20.5. The van der Waals surface area contributed by atoms with E-state index < -0.39 is 29.7 Å². The van der Waals surface area contributed by atoms with Gasteiger partial charge in [0.15, 0.2) is 11.4 Å². The molecule has 0 bridgehead atoms. The van der Waals surface area contributed by atoms with Crippen molar-refractivity contribution in [2.24, 2.45) is 0 Å². The summed E-state index contributed by atoms with van der Waals surface area (Å²) in [6, 6.07) is -1.06. The van der Waals surface area contributed by atoms with Crippen LogP contribution in [0.5, 0.6) is 0 Å². The Bertz CT molecular complexity index is 874. The molecule has 148 valence electrons. The molecule has 2 N–H and O–H groups in total. The second-order valence-electron chi connectivity index (χ2n) is 5.68. The Morgan fingerprint density at radius 2 is 1.96 bits per heavy atom. The maximum Gasteiger partial charge on any atom is 0.436 e. The summed E-state index contributed by atoms with van der Waals surface area (Å²) in [6.45, 7) is 5.10. The quantitative estimate of drug-likeness (QED) is 0.731. The Morgan fingerprint density at radius 1 is 1.33 bits per heavy atom. The fourth-order valence-electron chi connectivity index (χ4n) is 2.37. The lowest BCUT2D eigenvalue weighted by Crippen LogP contribution is -2.27. The topological polar surface area (TPSA) is 93.8 Å². The van der Waals surface area contributed by atoms with Crippen LogP contribution < -0.4 is 10.6 Å². The van der Waals surface area contributed by atoms with Crippen molar-refractivity contribution in [2.75, 3.05) is 12.4 Å². The predicted molar refractivity (Wildman–Crippen MR) is 94.3 cm³/mol. The van der Waals surface area contributed by atoms with Crippen molar-refractivity contribution >= 4 is 33.4 Å². The standard InChI is InChI=1S/C15H18BrF3N6O2/c1-5-24-6-9(11(22-24)14(27)20-4)21-13(26)8(3)25-7(2)10(16)12(23-25)15(17,18)19/h6,8H,5H2,1-4H3,(H,20,27)(H,21,26)/t8-/m1/s1. The summed E-state index contributed by atoms with van der Waals surface area (Å²) in [6.07, 6.45) is -3.18. The third-order valence-corrected chi connectivity index (χ3v) is 4.83. The Kier molecular flexibility index (Phi) is 5.97. The van der Waals surface area contributed by atoms with Crippen molar-refractivity contribution in [3.05, 3.63) is 27.8 Å². The molecular formula is C15H18BrF3N6O2. The van der Waals surface area contributed by atoms with Crippen LogP contribution in [-0.2, 0) is 17.5 Å². The molecule has 8 nitrogen and oxygen atoms in total. The fourth-order valence-corrected chi connectivity index (χ4v) is 2.85. The van der Waals surface area contributed by atoms with E-state index in [1.165, 1.54) is 31.8 Å². The minimum absolute atomic E-state index is 0.00856. The Morgan fingerprint density at radius 3 is 2.44 bits per heavy atom. The summed E-state index contributed by atoms with van der Waals surface area (Å²) in [7, 11) is 1.42. The average molecular weight is 451 g/mol. The second kappa shape index (κ2) is 7.71. The van der Waals surface area contributed by atoms with Gasteiger partial charge in [-0.3, -0.25) is 19.0 Å². The van der Waals surface area contributed by atoms with Crippen molar-refractivity contribution < 1.29 is 22.8 Å². The Balaban J connectivity index is 2.32. The number of aromatic nitrogens is 4. The number of hydrogen-bond acceptors (Lipinski definition) is 4. The maximum atomic E-state index is 13.0. The van der Waals surface area contributed by atoms with E-state index in [4.69, 9.17) is 0 Å². The van der Waals surface area contributed by atoms with Crippen molar-refractivity contribution in [1.29, 1.82) is 0 Å². The fraction of sp³-hybridized carbons (Fsp3) is 0.467. The lowest BCUT2D eigenvalue weighted by Gasteiger charge is -2.14. The van der Waals surface area contributed by atoms with Gasteiger partial charge in [-0.1, -0.05) is 0 Å². The van der Waals surface area contributed by atoms with Gasteiger partial charge in [0.25, 0.3) is 5.91 Å². The van der Waals surface area contributed by atoms with E-state index >= 15 is 0 Å². The van der Waals surface area contributed by atoms with Gasteiger partial charge in [-0.15, -0.1) is 0 Å². The third kappa shape index (κ3) is 4.15. The molecule has 0 aromatic carbocycles. The highest BCUT2D eigenvalue weighted by atomic mass is 79.9. The van der Waals surface area contributed by atoms with Crippen molar-refractivity contribution in [1.82, 2.24) is 24.9 Å². The van der Waals surface area contributed by atoms with Gasteiger partial charge in [-0.25, -0.2) is 0 Å². The third-order valence-electron chi connectivity index (χ3n) is 3.88. The first-order valence-corrected chi connectivity index (χ1v) is 8.72. The summed E-state index contributed by atoms with van der Waals surface area (Å²) < 4.78 is 41.3. The molecule has 0 fully saturated rings. The normalized spacial score (nSPS) is 12.7. The average Bonchev–Trinajstić information content (AvgIpc) is 3.15. The van der Waals surface area contributed by atoms with Gasteiger partial charge in [0, 0.05) is 19.8 Å². The second-order valence-corrected chi connectivity index (χ2v) is 6.47. The predicted octanol–water partition coefficient (Wildman–Crippen LogP) is 2.75. The van der Waals surface area contributed by atoms with E-state index in [1.807, 2.05) is 0 Å². The van der Waals surface area contributed by atoms with Crippen LogP contribution in [0.25, 0.3) is 0 Å². The maximum absolute atomic E-state index is 13.0. The number of halogens is 4. The minimum atomic E-state index is -4.65. The van der Waals surface area contributed by atoms with Crippen LogP contribution in [-0.4, -0.2) is 38.4 Å². The van der Waals surface area contributed by atoms with E-state index in [0.29, 0.717) is 6.54 Å². The number of rotatable bonds is 5. The summed E-state index contributed by atoms with van der Waals surface area (Å²) in [5.41, 5.74) is -0.785. The van der Waals surface area contributed by atoms with Crippen LogP contribution in [0.3, 0.4) is 0 Å². The summed E-state index contributed by atoms with van der Waals surface area (Å²) in [5.74, 6) is -1.13. The molecule has 0 aliphatic rings. The van der Waals surface area contributed by atoms with E-state index in [1.54, 1.807) is 6.92 Å². The molecule has 2 aromatic heterocycles. The highest BCUT2D eigenvalue weighted by molar-refractivity contribution is 9.10. The Labute approximate surface area is 161 Å². The zero-order valence-electron chi connectivity index (χ0n) is 15.0. The number of nitrogens with zero attached hydrogens (tertiary/aromatic N) is 4. The number of anilines is 1. The van der Waals surface area contributed by atoms with Crippen LogP contribution in [0.15, 0.2) is 10.7 Å². The van der Waals surface area contributed by atoms with E-state index in [-0.39, 0.29) is 21.5 Å². The van der Waals surface area contributed by atoms with E-state index in [2.05, 4.69) is 36.8 Å². The van der Waals surface area contributed by atoms with Gasteiger partial charge in [0.2, 0.25) is 5.91 Å². The van der Waals surface area contributed by atoms with Gasteiger partial charge < -0.3 is 10.6 Å². The largest absolute Gasteiger partial charge is 0.436 e. The molecule has 12 heteroatoms. The molecule has 2 aromatic rings. The summed E-state index contributed by atoms with van der Waals surface area (Å²) >= 11 is 2.87. The summed E-state index contributed by atoms with van der Waals surface area (Å²) in [5, 5.41) is 12.5. The molecule has 27 heavy (non-hydrogen) atoms. The van der Waals surface area contributed by atoms with E-state index in [9.17, 15) is 22.8 Å². The first-order chi connectivity index (χ1) is 12.5. The molecule has 0 unspecified atom stereocenters. The first kappa shape index (κ1) is 20.9. The van der Waals surface area contributed by atoms with Crippen LogP contribution >= 0.6 is 15.9 Å². The van der Waals surface area contributed by atoms with Gasteiger partial charge >= 0.3 is 6.18 Å². The molecule has 0 saturated carbocycles. The highest BCUT2D eigenvalue weighted by Crippen LogP contribution is 2.36. The number of nitrogens with one attached hydrogen (secondary N) is 2. The number of hydrogen-bond donors (Lipinski definition) is 2. The van der Waals surface area contributed by atoms with Gasteiger partial charge in [-0.05, 0) is 36.7 Å². The molecule has 0 aliphatic heterocycles. The van der Waals surface area contributed by atoms with Gasteiger partial charge in [0.1, 0.15) is 6.04 Å². The number of carbonyl (C=O) groups is 2. The smallest absolute Gasteiger partial charge is 0.354 e. The molecule has 0 saturated heterocycles. The molecule has 1 atom stereocenters. The van der Waals surface area contributed by atoms with Crippen LogP contribution in [0.4, 0.5) is 18.9 Å². The van der Waals surface area contributed by atoms with Crippen molar-refractivity contribution in [3.8, 4) is 0 Å². The molecular weight excluding hydrogens is 433 g/mol. The van der Waals surface area contributed by atoms with Gasteiger partial charge in [-0.2, -0.15) is 23.4 Å². The summed E-state index contributed by atoms with van der Waals surface area (Å²) in [4.78, 5) is 24.5. The van der Waals surface area contributed by atoms with Crippen molar-refractivity contribution in [3.63, 3.8) is 0 Å². The highest BCUT2D eigenvalue weighted by Gasteiger charge is 2.39. The molecule has 0 radical (unpaired) electrons. The SMILES string of the molecule is CCn1cc(NC(=O)[C@@H](C)n2nc(C(F)(F)F)c(Br)c2C)c(C(=O)NC)n1. The van der Waals surface area contributed by atoms with Crippen LogP contribution in [0.2, 0.25) is 0 Å². The number of aryl methyl sites for hydroxylation is 1.